The molecule has 8 nitrogen and oxygen atoms in total. The SMILES string of the molecule is O=C1CCCN1CCOCC(=O)N1CCCC1c1ccc(Nc2ccc(F)cn2)cn1. The van der Waals surface area contributed by atoms with Gasteiger partial charge in [0.1, 0.15) is 18.2 Å². The number of hydrogen-bond acceptors (Lipinski definition) is 6. The molecule has 0 bridgehead atoms. The molecule has 1 N–H and O–H groups in total. The lowest BCUT2D eigenvalue weighted by Crippen LogP contribution is -2.35. The van der Waals surface area contributed by atoms with E-state index in [2.05, 4.69) is 15.3 Å². The predicted octanol–water partition coefficient (Wildman–Crippen LogP) is 2.66. The van der Waals surface area contributed by atoms with Gasteiger partial charge in [0, 0.05) is 26.1 Å². The average molecular weight is 427 g/mol. The van der Waals surface area contributed by atoms with Crippen molar-refractivity contribution in [2.24, 2.45) is 0 Å². The molecule has 0 spiro atoms. The maximum absolute atomic E-state index is 13.0. The van der Waals surface area contributed by atoms with E-state index in [-0.39, 0.29) is 24.5 Å². The third-order valence-corrected chi connectivity index (χ3v) is 5.60. The fourth-order valence-corrected chi connectivity index (χ4v) is 4.00. The molecule has 2 aliphatic heterocycles. The van der Waals surface area contributed by atoms with Crippen LogP contribution < -0.4 is 5.32 Å². The van der Waals surface area contributed by atoms with Gasteiger partial charge in [-0.2, -0.15) is 0 Å². The van der Waals surface area contributed by atoms with E-state index in [0.29, 0.717) is 31.9 Å². The molecule has 0 saturated carbocycles. The summed E-state index contributed by atoms with van der Waals surface area (Å²) in [4.78, 5) is 36.4. The number of pyridine rings is 2. The minimum absolute atomic E-state index is 0.00834. The number of hydrogen-bond donors (Lipinski definition) is 1. The molecule has 1 unspecified atom stereocenters. The molecule has 1 atom stereocenters. The van der Waals surface area contributed by atoms with Crippen LogP contribution in [0.4, 0.5) is 15.9 Å². The number of ether oxygens (including phenoxy) is 1. The molecule has 0 radical (unpaired) electrons. The van der Waals surface area contributed by atoms with Gasteiger partial charge in [-0.05, 0) is 43.5 Å². The first-order valence-electron chi connectivity index (χ1n) is 10.6. The molecule has 31 heavy (non-hydrogen) atoms. The van der Waals surface area contributed by atoms with E-state index in [9.17, 15) is 14.0 Å². The molecule has 2 aromatic rings. The maximum atomic E-state index is 13.0. The van der Waals surface area contributed by atoms with Crippen molar-refractivity contribution in [1.29, 1.82) is 0 Å². The van der Waals surface area contributed by atoms with Crippen LogP contribution in [-0.2, 0) is 14.3 Å². The van der Waals surface area contributed by atoms with Gasteiger partial charge in [-0.3, -0.25) is 14.6 Å². The Bertz CT molecular complexity index is 906. The zero-order valence-electron chi connectivity index (χ0n) is 17.3. The van der Waals surface area contributed by atoms with Crippen molar-refractivity contribution in [2.75, 3.05) is 38.2 Å². The number of anilines is 2. The summed E-state index contributed by atoms with van der Waals surface area (Å²) in [5.41, 5.74) is 1.56. The van der Waals surface area contributed by atoms with Crippen LogP contribution in [0.25, 0.3) is 0 Å². The van der Waals surface area contributed by atoms with Crippen LogP contribution in [0.5, 0.6) is 0 Å². The lowest BCUT2D eigenvalue weighted by atomic mass is 10.1. The third kappa shape index (κ3) is 5.35. The summed E-state index contributed by atoms with van der Waals surface area (Å²) in [6, 6.07) is 6.58. The van der Waals surface area contributed by atoms with Crippen LogP contribution >= 0.6 is 0 Å². The van der Waals surface area contributed by atoms with E-state index in [1.54, 1.807) is 17.2 Å². The van der Waals surface area contributed by atoms with E-state index in [0.717, 1.165) is 43.4 Å². The van der Waals surface area contributed by atoms with Gasteiger partial charge >= 0.3 is 0 Å². The van der Waals surface area contributed by atoms with E-state index in [4.69, 9.17) is 4.74 Å². The van der Waals surface area contributed by atoms with Crippen molar-refractivity contribution in [1.82, 2.24) is 19.8 Å². The lowest BCUT2D eigenvalue weighted by Gasteiger charge is -2.24. The first kappa shape index (κ1) is 21.2. The normalized spacial score (nSPS) is 18.6. The van der Waals surface area contributed by atoms with Gasteiger partial charge in [0.15, 0.2) is 0 Å². The van der Waals surface area contributed by atoms with Gasteiger partial charge in [0.2, 0.25) is 11.8 Å². The summed E-state index contributed by atoms with van der Waals surface area (Å²) in [6.45, 7) is 2.37. The fraction of sp³-hybridized carbons (Fsp3) is 0.455. The van der Waals surface area contributed by atoms with E-state index < -0.39 is 5.82 Å². The molecule has 4 heterocycles. The topological polar surface area (TPSA) is 87.7 Å². The zero-order chi connectivity index (χ0) is 21.6. The number of halogens is 1. The van der Waals surface area contributed by atoms with E-state index >= 15 is 0 Å². The Morgan fingerprint density at radius 1 is 1.16 bits per heavy atom. The van der Waals surface area contributed by atoms with Gasteiger partial charge in [-0.15, -0.1) is 0 Å². The van der Waals surface area contributed by atoms with Crippen LogP contribution in [0, 0.1) is 5.82 Å². The summed E-state index contributed by atoms with van der Waals surface area (Å²) < 4.78 is 18.5. The fourth-order valence-electron chi connectivity index (χ4n) is 4.00. The number of nitrogens with one attached hydrogen (secondary N) is 1. The molecule has 9 heteroatoms. The Morgan fingerprint density at radius 3 is 2.77 bits per heavy atom. The number of amides is 2. The Labute approximate surface area is 180 Å². The first-order chi connectivity index (χ1) is 15.1. The smallest absolute Gasteiger partial charge is 0.249 e. The van der Waals surface area contributed by atoms with Crippen molar-refractivity contribution >= 4 is 23.3 Å². The van der Waals surface area contributed by atoms with Crippen LogP contribution in [0.2, 0.25) is 0 Å². The number of likely N-dealkylation sites (tertiary alicyclic amines) is 2. The highest BCUT2D eigenvalue weighted by molar-refractivity contribution is 5.78. The summed E-state index contributed by atoms with van der Waals surface area (Å²) in [6.07, 6.45) is 6.11. The van der Waals surface area contributed by atoms with Crippen LogP contribution in [0.15, 0.2) is 36.7 Å². The number of nitrogens with zero attached hydrogens (tertiary/aromatic N) is 4. The largest absolute Gasteiger partial charge is 0.370 e. The van der Waals surface area contributed by atoms with Crippen molar-refractivity contribution in [3.63, 3.8) is 0 Å². The van der Waals surface area contributed by atoms with Gasteiger partial charge in [-0.25, -0.2) is 9.37 Å². The van der Waals surface area contributed by atoms with Crippen LogP contribution in [-0.4, -0.2) is 64.4 Å². The minimum Gasteiger partial charge on any atom is -0.370 e. The second-order valence-corrected chi connectivity index (χ2v) is 7.74. The van der Waals surface area contributed by atoms with Gasteiger partial charge in [-0.1, -0.05) is 0 Å². The number of carbonyl (C=O) groups is 2. The van der Waals surface area contributed by atoms with Crippen molar-refractivity contribution in [3.8, 4) is 0 Å². The van der Waals surface area contributed by atoms with Crippen molar-refractivity contribution < 1.29 is 18.7 Å². The molecular formula is C22H26FN5O3. The Balaban J connectivity index is 1.28. The molecule has 0 aliphatic carbocycles. The van der Waals surface area contributed by atoms with E-state index in [1.807, 2.05) is 17.0 Å². The minimum atomic E-state index is -0.390. The van der Waals surface area contributed by atoms with Gasteiger partial charge < -0.3 is 19.9 Å². The quantitative estimate of drug-likeness (QED) is 0.652. The first-order valence-corrected chi connectivity index (χ1v) is 10.6. The Morgan fingerprint density at radius 2 is 2.06 bits per heavy atom. The molecule has 164 valence electrons. The highest BCUT2D eigenvalue weighted by Gasteiger charge is 2.30. The molecule has 2 aromatic heterocycles. The summed E-state index contributed by atoms with van der Waals surface area (Å²) in [5.74, 6) is 0.239. The second kappa shape index (κ2) is 9.82. The molecule has 2 fully saturated rings. The molecule has 2 aliphatic rings. The molecular weight excluding hydrogens is 401 g/mol. The molecule has 4 rings (SSSR count). The van der Waals surface area contributed by atoms with Crippen LogP contribution in [0.1, 0.15) is 37.4 Å². The lowest BCUT2D eigenvalue weighted by molar-refractivity contribution is -0.137. The molecule has 2 saturated heterocycles. The Hall–Kier alpha value is -3.07. The second-order valence-electron chi connectivity index (χ2n) is 7.74. The van der Waals surface area contributed by atoms with Gasteiger partial charge in [0.05, 0.1) is 36.4 Å². The molecule has 2 amide bonds. The van der Waals surface area contributed by atoms with Crippen LogP contribution in [0.3, 0.4) is 0 Å². The number of aromatic nitrogens is 2. The number of rotatable bonds is 8. The molecule has 0 aromatic carbocycles. The van der Waals surface area contributed by atoms with E-state index in [1.165, 1.54) is 6.07 Å². The summed E-state index contributed by atoms with van der Waals surface area (Å²) in [7, 11) is 0. The highest BCUT2D eigenvalue weighted by atomic mass is 19.1. The highest BCUT2D eigenvalue weighted by Crippen LogP contribution is 2.31. The van der Waals surface area contributed by atoms with Crippen molar-refractivity contribution in [3.05, 3.63) is 48.2 Å². The Kier molecular flexibility index (Phi) is 6.71. The predicted molar refractivity (Wildman–Crippen MR) is 112 cm³/mol. The number of carbonyl (C=O) groups excluding carboxylic acids is 2. The zero-order valence-corrected chi connectivity index (χ0v) is 17.3. The maximum Gasteiger partial charge on any atom is 0.249 e. The van der Waals surface area contributed by atoms with Gasteiger partial charge in [0.25, 0.3) is 0 Å². The van der Waals surface area contributed by atoms with Crippen molar-refractivity contribution in [2.45, 2.75) is 31.7 Å². The third-order valence-electron chi connectivity index (χ3n) is 5.60. The summed E-state index contributed by atoms with van der Waals surface area (Å²) >= 11 is 0. The average Bonchev–Trinajstić information content (AvgIpc) is 3.43. The monoisotopic (exact) mass is 427 g/mol. The summed E-state index contributed by atoms with van der Waals surface area (Å²) in [5, 5.41) is 3.07. The standard InChI is InChI=1S/C22H26FN5O3/c23-16-5-8-20(25-13-16)26-17-6-7-18(24-14-17)19-3-1-10-28(19)22(30)15-31-12-11-27-9-2-4-21(27)29/h5-8,13-14,19H,1-4,9-12,15H2,(H,25,26).